The molecule has 0 bridgehead atoms. The molecular formula is C13H16N2OS2. The first-order valence-electron chi connectivity index (χ1n) is 5.78. The van der Waals surface area contributed by atoms with Gasteiger partial charge in [-0.15, -0.1) is 22.7 Å². The average molecular weight is 280 g/mol. The minimum atomic E-state index is -0.00828. The summed E-state index contributed by atoms with van der Waals surface area (Å²) in [6, 6.07) is 3.84. The van der Waals surface area contributed by atoms with E-state index in [0.29, 0.717) is 0 Å². The molecule has 0 aliphatic rings. The number of carbonyl (C=O) groups excluding carboxylic acids is 1. The summed E-state index contributed by atoms with van der Waals surface area (Å²) in [4.78, 5) is 19.5. The maximum atomic E-state index is 12.0. The Labute approximate surface area is 115 Å². The van der Waals surface area contributed by atoms with E-state index in [0.717, 1.165) is 25.3 Å². The fourth-order valence-electron chi connectivity index (χ4n) is 1.84. The number of nitrogens with zero attached hydrogens (tertiary/aromatic N) is 1. The van der Waals surface area contributed by atoms with Gasteiger partial charge in [-0.05, 0) is 39.8 Å². The number of rotatable bonds is 3. The molecule has 2 heterocycles. The van der Waals surface area contributed by atoms with Crippen molar-refractivity contribution in [2.75, 3.05) is 0 Å². The monoisotopic (exact) mass is 280 g/mol. The molecule has 2 aromatic heterocycles. The molecule has 18 heavy (non-hydrogen) atoms. The van der Waals surface area contributed by atoms with Crippen LogP contribution in [0.2, 0.25) is 0 Å². The van der Waals surface area contributed by atoms with Crippen molar-refractivity contribution in [1.82, 2.24) is 10.3 Å². The van der Waals surface area contributed by atoms with Crippen LogP contribution in [0.5, 0.6) is 0 Å². The number of amides is 1. The molecule has 0 radical (unpaired) electrons. The molecule has 0 unspecified atom stereocenters. The maximum absolute atomic E-state index is 12.0. The third-order valence-corrected chi connectivity index (χ3v) is 4.90. The van der Waals surface area contributed by atoms with Gasteiger partial charge in [0.15, 0.2) is 0 Å². The van der Waals surface area contributed by atoms with Crippen molar-refractivity contribution in [3.8, 4) is 0 Å². The van der Waals surface area contributed by atoms with E-state index in [-0.39, 0.29) is 11.9 Å². The summed E-state index contributed by atoms with van der Waals surface area (Å²) in [6.07, 6.45) is 0. The molecule has 0 saturated carbocycles. The normalized spacial score (nSPS) is 12.4. The Kier molecular flexibility index (Phi) is 3.82. The topological polar surface area (TPSA) is 42.0 Å². The lowest BCUT2D eigenvalue weighted by Gasteiger charge is -2.11. The predicted molar refractivity (Wildman–Crippen MR) is 76.5 cm³/mol. The largest absolute Gasteiger partial charge is 0.344 e. The first-order chi connectivity index (χ1) is 8.47. The molecule has 96 valence electrons. The van der Waals surface area contributed by atoms with Gasteiger partial charge in [0.1, 0.15) is 0 Å². The van der Waals surface area contributed by atoms with Gasteiger partial charge < -0.3 is 5.32 Å². The number of carbonyl (C=O) groups is 1. The fourth-order valence-corrected chi connectivity index (χ4v) is 3.54. The number of hydrogen-bond acceptors (Lipinski definition) is 4. The minimum absolute atomic E-state index is 0.00565. The van der Waals surface area contributed by atoms with Crippen LogP contribution in [-0.4, -0.2) is 10.9 Å². The van der Waals surface area contributed by atoms with E-state index in [1.807, 2.05) is 39.8 Å². The number of aryl methyl sites for hydroxylation is 3. The lowest BCUT2D eigenvalue weighted by atomic mass is 10.2. The summed E-state index contributed by atoms with van der Waals surface area (Å²) in [7, 11) is 0. The molecule has 1 N–H and O–H groups in total. The zero-order valence-electron chi connectivity index (χ0n) is 10.9. The van der Waals surface area contributed by atoms with E-state index in [2.05, 4.69) is 10.3 Å². The Bertz CT molecular complexity index is 571. The molecule has 0 fully saturated rings. The molecule has 1 amide bonds. The molecule has 2 aromatic rings. The van der Waals surface area contributed by atoms with Gasteiger partial charge >= 0.3 is 0 Å². The lowest BCUT2D eigenvalue weighted by Crippen LogP contribution is -2.25. The van der Waals surface area contributed by atoms with E-state index in [9.17, 15) is 4.79 Å². The summed E-state index contributed by atoms with van der Waals surface area (Å²) in [5.41, 5.74) is 1.01. The lowest BCUT2D eigenvalue weighted by molar-refractivity contribution is 0.0944. The Balaban J connectivity index is 2.10. The number of aromatic nitrogens is 1. The molecule has 3 nitrogen and oxygen atoms in total. The summed E-state index contributed by atoms with van der Waals surface area (Å²) in [5, 5.41) is 4.06. The highest BCUT2D eigenvalue weighted by molar-refractivity contribution is 7.14. The zero-order valence-corrected chi connectivity index (χ0v) is 12.5. The Morgan fingerprint density at radius 1 is 1.28 bits per heavy atom. The van der Waals surface area contributed by atoms with Gasteiger partial charge in [-0.3, -0.25) is 4.79 Å². The van der Waals surface area contributed by atoms with E-state index < -0.39 is 0 Å². The van der Waals surface area contributed by atoms with Crippen molar-refractivity contribution >= 4 is 28.6 Å². The van der Waals surface area contributed by atoms with Crippen LogP contribution in [-0.2, 0) is 0 Å². The smallest absolute Gasteiger partial charge is 0.261 e. The van der Waals surface area contributed by atoms with Crippen LogP contribution in [0.25, 0.3) is 0 Å². The average Bonchev–Trinajstić information content (AvgIpc) is 2.84. The van der Waals surface area contributed by atoms with Gasteiger partial charge in [0.05, 0.1) is 21.6 Å². The second-order valence-electron chi connectivity index (χ2n) is 4.29. The Morgan fingerprint density at radius 3 is 2.50 bits per heavy atom. The van der Waals surface area contributed by atoms with Gasteiger partial charge in [0.2, 0.25) is 0 Å². The van der Waals surface area contributed by atoms with Crippen molar-refractivity contribution < 1.29 is 4.79 Å². The van der Waals surface area contributed by atoms with Crippen LogP contribution < -0.4 is 5.32 Å². The molecule has 5 heteroatoms. The molecular weight excluding hydrogens is 264 g/mol. The van der Waals surface area contributed by atoms with Crippen molar-refractivity contribution in [3.63, 3.8) is 0 Å². The number of thiazole rings is 1. The standard InChI is InChI=1S/C13H16N2OS2/c1-7-5-6-11(17-7)13(16)15-9(3)12-8(2)14-10(4)18-12/h5-6,9H,1-4H3,(H,15,16)/t9-/m1/s1. The van der Waals surface area contributed by atoms with E-state index >= 15 is 0 Å². The highest BCUT2D eigenvalue weighted by Gasteiger charge is 2.16. The fraction of sp³-hybridized carbons (Fsp3) is 0.385. The quantitative estimate of drug-likeness (QED) is 0.933. The second-order valence-corrected chi connectivity index (χ2v) is 6.81. The van der Waals surface area contributed by atoms with Crippen molar-refractivity contribution in [2.45, 2.75) is 33.7 Å². The SMILES string of the molecule is Cc1ccc(C(=O)N[C@H](C)c2sc(C)nc2C)s1. The summed E-state index contributed by atoms with van der Waals surface area (Å²) < 4.78 is 0. The van der Waals surface area contributed by atoms with Crippen LogP contribution in [0.1, 0.15) is 43.1 Å². The highest BCUT2D eigenvalue weighted by atomic mass is 32.1. The third-order valence-electron chi connectivity index (χ3n) is 2.64. The van der Waals surface area contributed by atoms with Crippen LogP contribution in [0.4, 0.5) is 0 Å². The van der Waals surface area contributed by atoms with Crippen LogP contribution in [0.3, 0.4) is 0 Å². The van der Waals surface area contributed by atoms with Gasteiger partial charge in [0, 0.05) is 9.75 Å². The van der Waals surface area contributed by atoms with Crippen LogP contribution >= 0.6 is 22.7 Å². The number of hydrogen-bond donors (Lipinski definition) is 1. The molecule has 0 aliphatic heterocycles. The predicted octanol–water partition coefficient (Wildman–Crippen LogP) is 3.62. The zero-order chi connectivity index (χ0) is 13.3. The molecule has 1 atom stereocenters. The summed E-state index contributed by atoms with van der Waals surface area (Å²) in [6.45, 7) is 7.97. The first-order valence-corrected chi connectivity index (χ1v) is 7.42. The molecule has 0 aromatic carbocycles. The van der Waals surface area contributed by atoms with E-state index in [1.54, 1.807) is 11.3 Å². The van der Waals surface area contributed by atoms with E-state index in [4.69, 9.17) is 0 Å². The van der Waals surface area contributed by atoms with Crippen molar-refractivity contribution in [3.05, 3.63) is 37.5 Å². The molecule has 0 saturated heterocycles. The maximum Gasteiger partial charge on any atom is 0.261 e. The minimum Gasteiger partial charge on any atom is -0.344 e. The Morgan fingerprint density at radius 2 is 2.00 bits per heavy atom. The third kappa shape index (κ3) is 2.79. The molecule has 0 spiro atoms. The number of thiophene rings is 1. The second kappa shape index (κ2) is 5.20. The van der Waals surface area contributed by atoms with Gasteiger partial charge in [-0.25, -0.2) is 4.98 Å². The van der Waals surface area contributed by atoms with Gasteiger partial charge in [0.25, 0.3) is 5.91 Å². The Hall–Kier alpha value is -1.20. The van der Waals surface area contributed by atoms with E-state index in [1.165, 1.54) is 11.3 Å². The summed E-state index contributed by atoms with van der Waals surface area (Å²) >= 11 is 3.16. The molecule has 2 rings (SSSR count). The molecule has 0 aliphatic carbocycles. The van der Waals surface area contributed by atoms with Crippen LogP contribution in [0.15, 0.2) is 12.1 Å². The van der Waals surface area contributed by atoms with Crippen molar-refractivity contribution in [1.29, 1.82) is 0 Å². The van der Waals surface area contributed by atoms with Gasteiger partial charge in [-0.1, -0.05) is 0 Å². The number of nitrogens with one attached hydrogen (secondary N) is 1. The van der Waals surface area contributed by atoms with Crippen molar-refractivity contribution in [2.24, 2.45) is 0 Å². The first kappa shape index (κ1) is 13.2. The van der Waals surface area contributed by atoms with Gasteiger partial charge in [-0.2, -0.15) is 0 Å². The highest BCUT2D eigenvalue weighted by Crippen LogP contribution is 2.25. The van der Waals surface area contributed by atoms with Crippen LogP contribution in [0, 0.1) is 20.8 Å². The summed E-state index contributed by atoms with van der Waals surface area (Å²) in [5.74, 6) is -0.00828.